The average molecular weight is 401 g/mol. The van der Waals surface area contributed by atoms with E-state index in [2.05, 4.69) is 5.32 Å². The van der Waals surface area contributed by atoms with Crippen molar-refractivity contribution in [2.45, 2.75) is 13.8 Å². The van der Waals surface area contributed by atoms with Crippen LogP contribution in [0.25, 0.3) is 0 Å². The van der Waals surface area contributed by atoms with E-state index in [-0.39, 0.29) is 5.56 Å². The van der Waals surface area contributed by atoms with Gasteiger partial charge in [-0.05, 0) is 49.2 Å². The zero-order valence-electron chi connectivity index (χ0n) is 15.9. The first kappa shape index (κ1) is 21.5. The van der Waals surface area contributed by atoms with Crippen molar-refractivity contribution in [1.29, 1.82) is 0 Å². The largest absolute Gasteiger partial charge is 0.454 e. The van der Waals surface area contributed by atoms with Gasteiger partial charge in [-0.25, -0.2) is 4.39 Å². The minimum Gasteiger partial charge on any atom is -0.454 e. The minimum absolute atomic E-state index is 0.251. The molecule has 0 fully saturated rings. The van der Waals surface area contributed by atoms with Crippen molar-refractivity contribution in [2.24, 2.45) is 0 Å². The second kappa shape index (κ2) is 9.98. The van der Waals surface area contributed by atoms with Crippen LogP contribution in [-0.2, 0) is 14.3 Å². The number of hydrazine groups is 1. The second-order valence-electron chi connectivity index (χ2n) is 6.12. The van der Waals surface area contributed by atoms with Crippen LogP contribution in [0.2, 0.25) is 0 Å². The van der Waals surface area contributed by atoms with Gasteiger partial charge in [0.15, 0.2) is 6.61 Å². The molecule has 9 heteroatoms. The summed E-state index contributed by atoms with van der Waals surface area (Å²) < 4.78 is 18.2. The van der Waals surface area contributed by atoms with Gasteiger partial charge in [-0.15, -0.1) is 0 Å². The van der Waals surface area contributed by atoms with Gasteiger partial charge < -0.3 is 10.1 Å². The fraction of sp³-hybridized carbons (Fsp3) is 0.200. The number of ether oxygens (including phenoxy) is 1. The number of carbonyl (C=O) groups is 4. The summed E-state index contributed by atoms with van der Waals surface area (Å²) in [5.74, 6) is -3.72. The van der Waals surface area contributed by atoms with E-state index in [0.29, 0.717) is 5.56 Å². The number of nitrogens with one attached hydrogen (secondary N) is 3. The molecule has 0 aromatic heterocycles. The van der Waals surface area contributed by atoms with E-state index in [1.165, 1.54) is 18.2 Å². The van der Waals surface area contributed by atoms with Crippen molar-refractivity contribution >= 4 is 23.7 Å². The van der Waals surface area contributed by atoms with Gasteiger partial charge in [0.25, 0.3) is 17.7 Å². The van der Waals surface area contributed by atoms with Crippen LogP contribution < -0.4 is 16.2 Å². The van der Waals surface area contributed by atoms with Crippen molar-refractivity contribution in [3.63, 3.8) is 0 Å². The van der Waals surface area contributed by atoms with Crippen LogP contribution in [0.4, 0.5) is 4.39 Å². The van der Waals surface area contributed by atoms with E-state index >= 15 is 0 Å². The maximum atomic E-state index is 13.5. The molecule has 0 unspecified atom stereocenters. The molecule has 8 nitrogen and oxygen atoms in total. The van der Waals surface area contributed by atoms with Crippen LogP contribution >= 0.6 is 0 Å². The van der Waals surface area contributed by atoms with E-state index < -0.39 is 42.7 Å². The van der Waals surface area contributed by atoms with Crippen molar-refractivity contribution in [2.75, 3.05) is 13.2 Å². The molecule has 29 heavy (non-hydrogen) atoms. The Labute approximate surface area is 166 Å². The van der Waals surface area contributed by atoms with Gasteiger partial charge in [0.05, 0.1) is 5.56 Å². The number of hydrogen-bond acceptors (Lipinski definition) is 5. The zero-order valence-corrected chi connectivity index (χ0v) is 15.9. The molecule has 0 radical (unpaired) electrons. The number of amides is 3. The molecule has 0 saturated heterocycles. The van der Waals surface area contributed by atoms with E-state index in [4.69, 9.17) is 4.74 Å². The van der Waals surface area contributed by atoms with Crippen molar-refractivity contribution in [3.8, 4) is 0 Å². The lowest BCUT2D eigenvalue weighted by atomic mass is 10.1. The Kier molecular flexibility index (Phi) is 7.41. The Hall–Kier alpha value is -3.75. The summed E-state index contributed by atoms with van der Waals surface area (Å²) in [6.45, 7) is 2.67. The maximum absolute atomic E-state index is 13.5. The summed E-state index contributed by atoms with van der Waals surface area (Å²) in [4.78, 5) is 47.0. The van der Waals surface area contributed by atoms with Crippen LogP contribution in [0.3, 0.4) is 0 Å². The van der Waals surface area contributed by atoms with Crippen LogP contribution in [0.5, 0.6) is 0 Å². The lowest BCUT2D eigenvalue weighted by molar-refractivity contribution is -0.147. The number of esters is 1. The highest BCUT2D eigenvalue weighted by atomic mass is 19.1. The molecular weight excluding hydrogens is 381 g/mol. The number of carbonyl (C=O) groups excluding carboxylic acids is 4. The highest BCUT2D eigenvalue weighted by molar-refractivity contribution is 5.97. The third-order valence-corrected chi connectivity index (χ3v) is 3.96. The molecule has 3 amide bonds. The molecule has 0 atom stereocenters. The van der Waals surface area contributed by atoms with Crippen LogP contribution in [0.15, 0.2) is 42.5 Å². The SMILES string of the molecule is Cc1ccc(C(=O)NCC(=O)OCC(=O)NNC(=O)c2ccccc2F)cc1C. The fourth-order valence-electron chi connectivity index (χ4n) is 2.21. The average Bonchev–Trinajstić information content (AvgIpc) is 2.71. The number of aryl methyl sites for hydroxylation is 2. The predicted molar refractivity (Wildman–Crippen MR) is 101 cm³/mol. The molecule has 0 aliphatic heterocycles. The third kappa shape index (κ3) is 6.42. The summed E-state index contributed by atoms with van der Waals surface area (Å²) in [5, 5.41) is 2.39. The Bertz CT molecular complexity index is 945. The van der Waals surface area contributed by atoms with Gasteiger partial charge >= 0.3 is 5.97 Å². The van der Waals surface area contributed by atoms with E-state index in [1.54, 1.807) is 18.2 Å². The van der Waals surface area contributed by atoms with Gasteiger partial charge in [-0.3, -0.25) is 30.0 Å². The van der Waals surface area contributed by atoms with E-state index in [9.17, 15) is 23.6 Å². The first-order valence-electron chi connectivity index (χ1n) is 8.62. The quantitative estimate of drug-likeness (QED) is 0.497. The molecule has 0 spiro atoms. The molecule has 0 aliphatic rings. The van der Waals surface area contributed by atoms with Crippen molar-refractivity contribution < 1.29 is 28.3 Å². The van der Waals surface area contributed by atoms with Gasteiger partial charge in [-0.1, -0.05) is 18.2 Å². The van der Waals surface area contributed by atoms with Crippen molar-refractivity contribution in [1.82, 2.24) is 16.2 Å². The second-order valence-corrected chi connectivity index (χ2v) is 6.12. The van der Waals surface area contributed by atoms with E-state index in [1.807, 2.05) is 24.7 Å². The molecule has 2 rings (SSSR count). The molecule has 2 aromatic rings. The first-order chi connectivity index (χ1) is 13.8. The molecule has 2 aromatic carbocycles. The molecule has 0 bridgehead atoms. The fourth-order valence-corrected chi connectivity index (χ4v) is 2.21. The molecule has 0 aliphatic carbocycles. The van der Waals surface area contributed by atoms with E-state index in [0.717, 1.165) is 17.2 Å². The number of halogens is 1. The zero-order chi connectivity index (χ0) is 21.4. The monoisotopic (exact) mass is 401 g/mol. The highest BCUT2D eigenvalue weighted by Crippen LogP contribution is 2.09. The summed E-state index contributed by atoms with van der Waals surface area (Å²) in [5.41, 5.74) is 6.12. The standard InChI is InChI=1S/C20H20FN3O5/c1-12-7-8-14(9-13(12)2)19(27)22-10-18(26)29-11-17(25)23-24-20(28)15-5-3-4-6-16(15)21/h3-9H,10-11H2,1-2H3,(H,22,27)(H,23,25)(H,24,28). The van der Waals surface area contributed by atoms with Crippen LogP contribution in [0.1, 0.15) is 31.8 Å². The molecule has 0 heterocycles. The smallest absolute Gasteiger partial charge is 0.325 e. The maximum Gasteiger partial charge on any atom is 0.325 e. The third-order valence-electron chi connectivity index (χ3n) is 3.96. The number of rotatable bonds is 6. The predicted octanol–water partition coefficient (Wildman–Crippen LogP) is 1.18. The summed E-state index contributed by atoms with van der Waals surface area (Å²) in [6.07, 6.45) is 0. The summed E-state index contributed by atoms with van der Waals surface area (Å²) in [6, 6.07) is 10.4. The lowest BCUT2D eigenvalue weighted by Crippen LogP contribution is -2.44. The molecule has 3 N–H and O–H groups in total. The van der Waals surface area contributed by atoms with Crippen LogP contribution in [-0.4, -0.2) is 36.8 Å². The van der Waals surface area contributed by atoms with Gasteiger partial charge in [0.1, 0.15) is 12.4 Å². The number of benzene rings is 2. The topological polar surface area (TPSA) is 114 Å². The Morgan fingerprint density at radius 2 is 1.66 bits per heavy atom. The van der Waals surface area contributed by atoms with Crippen molar-refractivity contribution in [3.05, 3.63) is 70.5 Å². The summed E-state index contributed by atoms with van der Waals surface area (Å²) in [7, 11) is 0. The first-order valence-corrected chi connectivity index (χ1v) is 8.62. The molecule has 0 saturated carbocycles. The number of hydrogen-bond donors (Lipinski definition) is 3. The van der Waals surface area contributed by atoms with Gasteiger partial charge in [-0.2, -0.15) is 0 Å². The Morgan fingerprint density at radius 1 is 0.931 bits per heavy atom. The highest BCUT2D eigenvalue weighted by Gasteiger charge is 2.14. The molecule has 152 valence electrons. The minimum atomic E-state index is -0.858. The van der Waals surface area contributed by atoms with Gasteiger partial charge in [0.2, 0.25) is 0 Å². The van der Waals surface area contributed by atoms with Gasteiger partial charge in [0, 0.05) is 5.56 Å². The van der Waals surface area contributed by atoms with Crippen LogP contribution in [0, 0.1) is 19.7 Å². The molecular formula is C20H20FN3O5. The summed E-state index contributed by atoms with van der Waals surface area (Å²) >= 11 is 0. The Morgan fingerprint density at radius 3 is 2.34 bits per heavy atom. The Balaban J connectivity index is 1.71. The normalized spacial score (nSPS) is 10.0. The lowest BCUT2D eigenvalue weighted by Gasteiger charge is -2.09.